The van der Waals surface area contributed by atoms with Crippen LogP contribution in [0, 0.1) is 5.41 Å². The van der Waals surface area contributed by atoms with Crippen LogP contribution in [0.4, 0.5) is 0 Å². The predicted molar refractivity (Wildman–Crippen MR) is 70.6 cm³/mol. The largest absolute Gasteiger partial charge is 0.303 e. The highest BCUT2D eigenvalue weighted by Gasteiger charge is 2.42. The Bertz CT molecular complexity index is 169. The number of hydrogen-bond acceptors (Lipinski definition) is 3. The second kappa shape index (κ2) is 5.66. The maximum atomic E-state index is 4.45. The van der Waals surface area contributed by atoms with E-state index in [2.05, 4.69) is 37.8 Å². The van der Waals surface area contributed by atoms with E-state index in [-0.39, 0.29) is 0 Å². The lowest BCUT2D eigenvalue weighted by Crippen LogP contribution is -2.35. The zero-order chi connectivity index (χ0) is 10.6. The second-order valence-corrected chi connectivity index (χ2v) is 6.01. The van der Waals surface area contributed by atoms with Crippen molar-refractivity contribution >= 4 is 24.4 Å². The van der Waals surface area contributed by atoms with Crippen LogP contribution >= 0.6 is 24.4 Å². The van der Waals surface area contributed by atoms with Crippen LogP contribution in [0.2, 0.25) is 0 Å². The topological polar surface area (TPSA) is 3.24 Å². The van der Waals surface area contributed by atoms with Crippen LogP contribution in [0.1, 0.15) is 26.2 Å². The van der Waals surface area contributed by atoms with Gasteiger partial charge in [0.15, 0.2) is 0 Å². The van der Waals surface area contributed by atoms with Gasteiger partial charge < -0.3 is 4.90 Å². The van der Waals surface area contributed by atoms with Gasteiger partial charge in [0.1, 0.15) is 0 Å². The van der Waals surface area contributed by atoms with Crippen molar-refractivity contribution in [3.8, 4) is 0 Å². The van der Waals surface area contributed by atoms with Crippen LogP contribution in [0.15, 0.2) is 0 Å². The van der Waals surface area contributed by atoms with Gasteiger partial charge in [-0.15, -0.1) is 0 Å². The Morgan fingerprint density at radius 3 is 2.57 bits per heavy atom. The number of thiol groups is 1. The predicted octanol–water partition coefficient (Wildman–Crippen LogP) is 2.77. The minimum atomic E-state index is 0.575. The van der Waals surface area contributed by atoms with Gasteiger partial charge in [-0.05, 0) is 56.4 Å². The van der Waals surface area contributed by atoms with Crippen LogP contribution in [0.5, 0.6) is 0 Å². The van der Waals surface area contributed by atoms with Crippen molar-refractivity contribution in [3.63, 3.8) is 0 Å². The Balaban J connectivity index is 2.23. The highest BCUT2D eigenvalue weighted by Crippen LogP contribution is 2.47. The van der Waals surface area contributed by atoms with E-state index in [9.17, 15) is 0 Å². The molecule has 0 N–H and O–H groups in total. The number of thioether (sulfide) groups is 1. The van der Waals surface area contributed by atoms with Crippen molar-refractivity contribution in [2.75, 3.05) is 31.4 Å². The quantitative estimate of drug-likeness (QED) is 0.674. The van der Waals surface area contributed by atoms with Crippen molar-refractivity contribution in [2.24, 2.45) is 5.41 Å². The van der Waals surface area contributed by atoms with Crippen LogP contribution in [0.25, 0.3) is 0 Å². The monoisotopic (exact) mass is 233 g/mol. The Labute approximate surface area is 98.4 Å². The third-order valence-corrected chi connectivity index (χ3v) is 4.68. The Morgan fingerprint density at radius 2 is 2.14 bits per heavy atom. The average Bonchev–Trinajstić information content (AvgIpc) is 2.94. The lowest BCUT2D eigenvalue weighted by molar-refractivity contribution is 0.214. The fourth-order valence-corrected chi connectivity index (χ4v) is 2.73. The molecule has 0 aromatic heterocycles. The molecule has 1 saturated carbocycles. The molecule has 1 unspecified atom stereocenters. The summed E-state index contributed by atoms with van der Waals surface area (Å²) in [6, 6.07) is 0.722. The minimum absolute atomic E-state index is 0.575. The standard InChI is InChI=1S/C11H23NS2/c1-10(4-7-14-3)12(2)8-11(9-13)5-6-11/h10,13H,4-9H2,1-3H3. The van der Waals surface area contributed by atoms with E-state index >= 15 is 0 Å². The van der Waals surface area contributed by atoms with Crippen molar-refractivity contribution < 1.29 is 0 Å². The van der Waals surface area contributed by atoms with Crippen LogP contribution in [-0.2, 0) is 0 Å². The summed E-state index contributed by atoms with van der Waals surface area (Å²) in [6.45, 7) is 3.58. The molecule has 1 nitrogen and oxygen atoms in total. The molecule has 0 amide bonds. The maximum Gasteiger partial charge on any atom is 0.00719 e. The molecule has 1 atom stereocenters. The highest BCUT2D eigenvalue weighted by atomic mass is 32.2. The van der Waals surface area contributed by atoms with Crippen LogP contribution < -0.4 is 0 Å². The van der Waals surface area contributed by atoms with E-state index in [0.29, 0.717) is 5.41 Å². The molecule has 0 spiro atoms. The lowest BCUT2D eigenvalue weighted by Gasteiger charge is -2.28. The first kappa shape index (κ1) is 12.7. The molecule has 0 saturated heterocycles. The molecule has 84 valence electrons. The number of hydrogen-bond donors (Lipinski definition) is 1. The Morgan fingerprint density at radius 1 is 1.50 bits per heavy atom. The molecule has 1 aliphatic rings. The summed E-state index contributed by atoms with van der Waals surface area (Å²) in [4.78, 5) is 2.51. The summed E-state index contributed by atoms with van der Waals surface area (Å²) in [5.74, 6) is 2.34. The second-order valence-electron chi connectivity index (χ2n) is 4.70. The SMILES string of the molecule is CSCCC(C)N(C)CC1(CS)CC1. The van der Waals surface area contributed by atoms with Gasteiger partial charge in [0.05, 0.1) is 0 Å². The molecular formula is C11H23NS2. The molecule has 0 aliphatic heterocycles. The lowest BCUT2D eigenvalue weighted by atomic mass is 10.1. The Kier molecular flexibility index (Phi) is 5.15. The van der Waals surface area contributed by atoms with Gasteiger partial charge in [-0.25, -0.2) is 0 Å². The number of rotatable bonds is 7. The van der Waals surface area contributed by atoms with E-state index in [1.54, 1.807) is 0 Å². The average molecular weight is 233 g/mol. The van der Waals surface area contributed by atoms with Crippen molar-refractivity contribution in [2.45, 2.75) is 32.2 Å². The highest BCUT2D eigenvalue weighted by molar-refractivity contribution is 7.98. The van der Waals surface area contributed by atoms with Crippen molar-refractivity contribution in [3.05, 3.63) is 0 Å². The van der Waals surface area contributed by atoms with Gasteiger partial charge >= 0.3 is 0 Å². The molecule has 0 aromatic rings. The summed E-state index contributed by atoms with van der Waals surface area (Å²) in [5, 5.41) is 0. The van der Waals surface area contributed by atoms with Crippen molar-refractivity contribution in [1.82, 2.24) is 4.90 Å². The molecule has 0 aromatic carbocycles. The fraction of sp³-hybridized carbons (Fsp3) is 1.00. The van der Waals surface area contributed by atoms with Crippen molar-refractivity contribution in [1.29, 1.82) is 0 Å². The van der Waals surface area contributed by atoms with Gasteiger partial charge in [0.25, 0.3) is 0 Å². The molecule has 1 aliphatic carbocycles. The molecule has 0 heterocycles. The van der Waals surface area contributed by atoms with Crippen LogP contribution in [0.3, 0.4) is 0 Å². The smallest absolute Gasteiger partial charge is 0.00719 e. The summed E-state index contributed by atoms with van der Waals surface area (Å²) in [7, 11) is 2.26. The fourth-order valence-electron chi connectivity index (χ4n) is 1.74. The van der Waals surface area contributed by atoms with E-state index in [1.807, 2.05) is 11.8 Å². The molecule has 14 heavy (non-hydrogen) atoms. The molecule has 1 rings (SSSR count). The summed E-state index contributed by atoms with van der Waals surface area (Å²) in [6.07, 6.45) is 6.26. The zero-order valence-corrected chi connectivity index (χ0v) is 11.3. The summed E-state index contributed by atoms with van der Waals surface area (Å²) in [5.41, 5.74) is 0.575. The molecule has 0 radical (unpaired) electrons. The van der Waals surface area contributed by atoms with E-state index < -0.39 is 0 Å². The first-order valence-electron chi connectivity index (χ1n) is 5.43. The molecule has 0 bridgehead atoms. The maximum absolute atomic E-state index is 4.45. The van der Waals surface area contributed by atoms with Gasteiger partial charge in [0, 0.05) is 12.6 Å². The van der Waals surface area contributed by atoms with Gasteiger partial charge in [-0.3, -0.25) is 0 Å². The van der Waals surface area contributed by atoms with Gasteiger partial charge in [-0.2, -0.15) is 24.4 Å². The first-order chi connectivity index (χ1) is 6.63. The number of nitrogens with zero attached hydrogens (tertiary/aromatic N) is 1. The first-order valence-corrected chi connectivity index (χ1v) is 7.46. The van der Waals surface area contributed by atoms with E-state index in [4.69, 9.17) is 0 Å². The molecular weight excluding hydrogens is 210 g/mol. The van der Waals surface area contributed by atoms with Crippen LogP contribution in [-0.4, -0.2) is 42.3 Å². The van der Waals surface area contributed by atoms with E-state index in [1.165, 1.54) is 31.6 Å². The third kappa shape index (κ3) is 3.67. The van der Waals surface area contributed by atoms with Gasteiger partial charge in [0.2, 0.25) is 0 Å². The van der Waals surface area contributed by atoms with Gasteiger partial charge in [-0.1, -0.05) is 0 Å². The third-order valence-electron chi connectivity index (χ3n) is 3.37. The zero-order valence-electron chi connectivity index (χ0n) is 9.62. The molecule has 1 fully saturated rings. The summed E-state index contributed by atoms with van der Waals surface area (Å²) < 4.78 is 0. The Hall–Kier alpha value is 0.660. The normalized spacial score (nSPS) is 21.2. The van der Waals surface area contributed by atoms with E-state index in [0.717, 1.165) is 11.8 Å². The minimum Gasteiger partial charge on any atom is -0.303 e. The summed E-state index contributed by atoms with van der Waals surface area (Å²) >= 11 is 6.39. The molecule has 3 heteroatoms.